The summed E-state index contributed by atoms with van der Waals surface area (Å²) >= 11 is 0. The van der Waals surface area contributed by atoms with Gasteiger partial charge in [-0.25, -0.2) is 5.01 Å². The van der Waals surface area contributed by atoms with Gasteiger partial charge in [0.05, 0.1) is 0 Å². The van der Waals surface area contributed by atoms with Crippen molar-refractivity contribution in [3.63, 3.8) is 0 Å². The van der Waals surface area contributed by atoms with Gasteiger partial charge in [0.25, 0.3) is 11.8 Å². The molecule has 3 atom stereocenters. The SMILES string of the molecule is CC(=O)N[C@H](C(=O)NN(CC1CCOCC1)C[C@H](CCc1ccccc1)NC(=O)[C@@](O)(NC(C)=O)C(C)C)C(C)C. The van der Waals surface area contributed by atoms with Crippen LogP contribution in [0.1, 0.15) is 66.4 Å². The minimum atomic E-state index is -2.10. The first-order chi connectivity index (χ1) is 19.3. The van der Waals surface area contributed by atoms with Crippen LogP contribution in [0, 0.1) is 17.8 Å². The molecule has 11 heteroatoms. The Kier molecular flexibility index (Phi) is 13.7. The number of benzene rings is 1. The number of aliphatic hydroxyl groups is 1. The molecule has 1 aliphatic heterocycles. The Labute approximate surface area is 244 Å². The van der Waals surface area contributed by atoms with E-state index >= 15 is 0 Å². The average Bonchev–Trinajstić information content (AvgIpc) is 2.90. The molecule has 5 N–H and O–H groups in total. The summed E-state index contributed by atoms with van der Waals surface area (Å²) in [6.07, 6.45) is 2.83. The van der Waals surface area contributed by atoms with Crippen LogP contribution in [0.4, 0.5) is 0 Å². The Bertz CT molecular complexity index is 998. The molecule has 1 aliphatic rings. The van der Waals surface area contributed by atoms with Crippen LogP contribution in [0.15, 0.2) is 30.3 Å². The van der Waals surface area contributed by atoms with E-state index in [1.54, 1.807) is 18.9 Å². The van der Waals surface area contributed by atoms with Gasteiger partial charge in [0.2, 0.25) is 17.5 Å². The molecule has 0 bridgehead atoms. The molecule has 1 heterocycles. The van der Waals surface area contributed by atoms with Crippen molar-refractivity contribution in [2.45, 2.75) is 85.0 Å². The van der Waals surface area contributed by atoms with E-state index in [1.165, 1.54) is 13.8 Å². The van der Waals surface area contributed by atoms with Crippen molar-refractivity contribution in [3.05, 3.63) is 35.9 Å². The zero-order valence-electron chi connectivity index (χ0n) is 25.4. The molecule has 4 amide bonds. The molecule has 0 saturated carbocycles. The molecular formula is C30H49N5O6. The van der Waals surface area contributed by atoms with E-state index < -0.39 is 35.5 Å². The molecular weight excluding hydrogens is 526 g/mol. The van der Waals surface area contributed by atoms with E-state index in [0.29, 0.717) is 32.6 Å². The van der Waals surface area contributed by atoms with Crippen molar-refractivity contribution in [2.24, 2.45) is 17.8 Å². The van der Waals surface area contributed by atoms with Gasteiger partial charge in [0.15, 0.2) is 0 Å². The smallest absolute Gasteiger partial charge is 0.273 e. The van der Waals surface area contributed by atoms with Gasteiger partial charge in [-0.15, -0.1) is 0 Å². The summed E-state index contributed by atoms with van der Waals surface area (Å²) in [6.45, 7) is 11.7. The van der Waals surface area contributed by atoms with Crippen molar-refractivity contribution >= 4 is 23.6 Å². The number of hydrazine groups is 1. The lowest BCUT2D eigenvalue weighted by atomic mass is 9.96. The van der Waals surface area contributed by atoms with Crippen LogP contribution in [0.3, 0.4) is 0 Å². The topological polar surface area (TPSA) is 149 Å². The molecule has 230 valence electrons. The standard InChI is InChI=1S/C30H49N5O6/c1-20(2)27(31-22(5)36)28(38)34-35(18-25-14-16-41-17-15-25)19-26(13-12-24-10-8-7-9-11-24)32-29(39)30(40,21(3)4)33-23(6)37/h7-11,20-21,25-27,40H,12-19H2,1-6H3,(H,31,36)(H,32,39)(H,33,37)(H,34,38)/t26-,27-,30+/m0/s1. The number of aryl methyl sites for hydroxylation is 1. The normalized spacial score (nSPS) is 17.0. The summed E-state index contributed by atoms with van der Waals surface area (Å²) in [4.78, 5) is 50.4. The molecule has 0 spiro atoms. The Morgan fingerprint density at radius 3 is 2.17 bits per heavy atom. The van der Waals surface area contributed by atoms with Crippen LogP contribution < -0.4 is 21.4 Å². The highest BCUT2D eigenvalue weighted by Crippen LogP contribution is 2.18. The second-order valence-electron chi connectivity index (χ2n) is 11.7. The molecule has 0 aromatic heterocycles. The lowest BCUT2D eigenvalue weighted by Gasteiger charge is -2.36. The minimum Gasteiger partial charge on any atom is -0.381 e. The maximum Gasteiger partial charge on any atom is 0.273 e. The summed E-state index contributed by atoms with van der Waals surface area (Å²) in [6, 6.07) is 8.62. The summed E-state index contributed by atoms with van der Waals surface area (Å²) in [5.74, 6) is -2.35. The van der Waals surface area contributed by atoms with Crippen LogP contribution in [0.25, 0.3) is 0 Å². The number of nitrogens with one attached hydrogen (secondary N) is 4. The molecule has 41 heavy (non-hydrogen) atoms. The third kappa shape index (κ3) is 11.4. The zero-order chi connectivity index (χ0) is 30.6. The fourth-order valence-electron chi connectivity index (χ4n) is 4.87. The second-order valence-corrected chi connectivity index (χ2v) is 11.7. The van der Waals surface area contributed by atoms with Gasteiger partial charge in [-0.2, -0.15) is 0 Å². The van der Waals surface area contributed by atoms with E-state index in [-0.39, 0.29) is 30.2 Å². The van der Waals surface area contributed by atoms with Crippen molar-refractivity contribution in [1.29, 1.82) is 0 Å². The predicted octanol–water partition coefficient (Wildman–Crippen LogP) is 1.51. The van der Waals surface area contributed by atoms with Crippen molar-refractivity contribution in [2.75, 3.05) is 26.3 Å². The number of carbonyl (C=O) groups excluding carboxylic acids is 4. The highest BCUT2D eigenvalue weighted by Gasteiger charge is 2.41. The summed E-state index contributed by atoms with van der Waals surface area (Å²) in [5.41, 5.74) is 1.99. The number of ether oxygens (including phenoxy) is 1. The maximum atomic E-state index is 13.4. The quantitative estimate of drug-likeness (QED) is 0.157. The van der Waals surface area contributed by atoms with Crippen LogP contribution >= 0.6 is 0 Å². The molecule has 1 fully saturated rings. The van der Waals surface area contributed by atoms with Gasteiger partial charge in [-0.3, -0.25) is 24.6 Å². The molecule has 1 aromatic rings. The fraction of sp³-hybridized carbons (Fsp3) is 0.667. The predicted molar refractivity (Wildman–Crippen MR) is 156 cm³/mol. The maximum absolute atomic E-state index is 13.4. The largest absolute Gasteiger partial charge is 0.381 e. The lowest BCUT2D eigenvalue weighted by Crippen LogP contribution is -2.64. The number of rotatable bonds is 15. The Morgan fingerprint density at radius 1 is 1.00 bits per heavy atom. The highest BCUT2D eigenvalue weighted by molar-refractivity contribution is 5.89. The average molecular weight is 576 g/mol. The van der Waals surface area contributed by atoms with Crippen molar-refractivity contribution in [1.82, 2.24) is 26.4 Å². The third-order valence-electron chi connectivity index (χ3n) is 7.34. The van der Waals surface area contributed by atoms with Crippen LogP contribution in [0.2, 0.25) is 0 Å². The molecule has 0 unspecified atom stereocenters. The number of nitrogens with zero attached hydrogens (tertiary/aromatic N) is 1. The molecule has 2 rings (SSSR count). The van der Waals surface area contributed by atoms with E-state index in [0.717, 1.165) is 18.4 Å². The number of hydrogen-bond acceptors (Lipinski definition) is 7. The van der Waals surface area contributed by atoms with Crippen LogP contribution in [-0.2, 0) is 30.3 Å². The van der Waals surface area contributed by atoms with Crippen molar-refractivity contribution in [3.8, 4) is 0 Å². The first-order valence-electron chi connectivity index (χ1n) is 14.6. The van der Waals surface area contributed by atoms with E-state index in [2.05, 4.69) is 21.4 Å². The van der Waals surface area contributed by atoms with Crippen LogP contribution in [-0.4, -0.2) is 77.9 Å². The number of carbonyl (C=O) groups is 4. The van der Waals surface area contributed by atoms with Crippen LogP contribution in [0.5, 0.6) is 0 Å². The van der Waals surface area contributed by atoms with Gasteiger partial charge in [0.1, 0.15) is 6.04 Å². The molecule has 1 aromatic carbocycles. The van der Waals surface area contributed by atoms with E-state index in [4.69, 9.17) is 4.74 Å². The Hall–Kier alpha value is -3.02. The Balaban J connectivity index is 2.32. The lowest BCUT2D eigenvalue weighted by molar-refractivity contribution is -0.155. The van der Waals surface area contributed by atoms with Gasteiger partial charge in [-0.05, 0) is 43.1 Å². The van der Waals surface area contributed by atoms with Gasteiger partial charge in [-0.1, -0.05) is 58.0 Å². The highest BCUT2D eigenvalue weighted by atomic mass is 16.5. The molecule has 1 saturated heterocycles. The van der Waals surface area contributed by atoms with Gasteiger partial charge >= 0.3 is 0 Å². The zero-order valence-corrected chi connectivity index (χ0v) is 25.4. The first kappa shape index (κ1) is 34.2. The molecule has 0 radical (unpaired) electrons. The minimum absolute atomic E-state index is 0.142. The summed E-state index contributed by atoms with van der Waals surface area (Å²) in [5, 5.41) is 21.0. The summed E-state index contributed by atoms with van der Waals surface area (Å²) < 4.78 is 5.52. The van der Waals surface area contributed by atoms with E-state index in [1.807, 2.05) is 44.2 Å². The summed E-state index contributed by atoms with van der Waals surface area (Å²) in [7, 11) is 0. The number of hydrogen-bond donors (Lipinski definition) is 5. The molecule has 11 nitrogen and oxygen atoms in total. The van der Waals surface area contributed by atoms with Gasteiger partial charge in [0, 0.05) is 52.1 Å². The third-order valence-corrected chi connectivity index (χ3v) is 7.34. The van der Waals surface area contributed by atoms with Gasteiger partial charge < -0.3 is 25.8 Å². The number of amides is 4. The molecule has 0 aliphatic carbocycles. The monoisotopic (exact) mass is 575 g/mol. The Morgan fingerprint density at radius 2 is 1.63 bits per heavy atom. The van der Waals surface area contributed by atoms with E-state index in [9.17, 15) is 24.3 Å². The first-order valence-corrected chi connectivity index (χ1v) is 14.6. The second kappa shape index (κ2) is 16.4. The fourth-order valence-corrected chi connectivity index (χ4v) is 4.87. The van der Waals surface area contributed by atoms with Crippen molar-refractivity contribution < 1.29 is 29.0 Å².